The van der Waals surface area contributed by atoms with Gasteiger partial charge < -0.3 is 10.1 Å². The lowest BCUT2D eigenvalue weighted by molar-refractivity contribution is 0.333. The molecule has 24 heavy (non-hydrogen) atoms. The van der Waals surface area contributed by atoms with Crippen LogP contribution in [-0.2, 0) is 0 Å². The Kier molecular flexibility index (Phi) is 4.12. The summed E-state index contributed by atoms with van der Waals surface area (Å²) in [6.45, 7) is 1.27. The number of rotatable bonds is 6. The number of nitrogens with zero attached hydrogens (tertiary/aromatic N) is 3. The van der Waals surface area contributed by atoms with Crippen LogP contribution in [0.1, 0.15) is 0 Å². The van der Waals surface area contributed by atoms with Gasteiger partial charge in [-0.3, -0.25) is 0 Å². The Morgan fingerprint density at radius 2 is 1.75 bits per heavy atom. The second-order valence-corrected chi connectivity index (χ2v) is 6.16. The molecule has 0 aliphatic carbocycles. The third kappa shape index (κ3) is 3.09. The summed E-state index contributed by atoms with van der Waals surface area (Å²) in [6.07, 6.45) is 1.86. The van der Waals surface area contributed by atoms with Crippen LogP contribution < -0.4 is 10.1 Å². The first-order valence-electron chi connectivity index (χ1n) is 7.72. The van der Waals surface area contributed by atoms with E-state index in [1.807, 2.05) is 59.2 Å². The molecular formula is C18H16N4OS. The minimum absolute atomic E-state index is 0.581. The highest BCUT2D eigenvalue weighted by atomic mass is 32.1. The third-order valence-electron chi connectivity index (χ3n) is 3.55. The van der Waals surface area contributed by atoms with E-state index in [0.717, 1.165) is 27.1 Å². The Labute approximate surface area is 143 Å². The molecule has 120 valence electrons. The summed E-state index contributed by atoms with van der Waals surface area (Å²) in [6, 6.07) is 19.9. The van der Waals surface area contributed by atoms with Crippen molar-refractivity contribution in [2.45, 2.75) is 0 Å². The summed E-state index contributed by atoms with van der Waals surface area (Å²) in [5.74, 6) is 0.875. The summed E-state index contributed by atoms with van der Waals surface area (Å²) < 4.78 is 7.54. The molecule has 6 heteroatoms. The van der Waals surface area contributed by atoms with Crippen LogP contribution in [0.2, 0.25) is 0 Å². The molecule has 1 N–H and O–H groups in total. The average molecular weight is 336 g/mol. The van der Waals surface area contributed by atoms with Gasteiger partial charge in [0.1, 0.15) is 12.4 Å². The van der Waals surface area contributed by atoms with E-state index in [0.29, 0.717) is 13.2 Å². The maximum atomic E-state index is 5.67. The van der Waals surface area contributed by atoms with Crippen molar-refractivity contribution in [2.24, 2.45) is 0 Å². The molecular weight excluding hydrogens is 320 g/mol. The monoisotopic (exact) mass is 336 g/mol. The standard InChI is InChI=1S/C18H16N4OS/c1-3-7-14(8-4-1)16-13-20-18-22(16)21-17(24-18)19-11-12-23-15-9-5-2-6-10-15/h1-10,13H,11-12H2,(H,19,21). The highest BCUT2D eigenvalue weighted by Crippen LogP contribution is 2.25. The van der Waals surface area contributed by atoms with E-state index in [1.165, 1.54) is 11.3 Å². The number of nitrogens with one attached hydrogen (secondary N) is 1. The van der Waals surface area contributed by atoms with Crippen LogP contribution in [-0.4, -0.2) is 27.7 Å². The summed E-state index contributed by atoms with van der Waals surface area (Å²) in [5.41, 5.74) is 2.10. The molecule has 0 bridgehead atoms. The number of fused-ring (bicyclic) bond motifs is 1. The summed E-state index contributed by atoms with van der Waals surface area (Å²) in [4.78, 5) is 5.31. The first-order valence-corrected chi connectivity index (χ1v) is 8.53. The average Bonchev–Trinajstić information content (AvgIpc) is 3.20. The highest BCUT2D eigenvalue weighted by Gasteiger charge is 2.10. The number of hydrogen-bond acceptors (Lipinski definition) is 5. The van der Waals surface area contributed by atoms with Crippen LogP contribution in [0.4, 0.5) is 5.13 Å². The Hall–Kier alpha value is -2.86. The lowest BCUT2D eigenvalue weighted by Crippen LogP contribution is -2.11. The van der Waals surface area contributed by atoms with E-state index in [9.17, 15) is 0 Å². The maximum Gasteiger partial charge on any atom is 0.214 e. The Morgan fingerprint density at radius 3 is 2.54 bits per heavy atom. The molecule has 0 atom stereocenters. The molecule has 0 fully saturated rings. The fourth-order valence-corrected chi connectivity index (χ4v) is 3.21. The van der Waals surface area contributed by atoms with Crippen LogP contribution in [0.5, 0.6) is 5.75 Å². The number of para-hydroxylation sites is 1. The predicted molar refractivity (Wildman–Crippen MR) is 96.7 cm³/mol. The van der Waals surface area contributed by atoms with Gasteiger partial charge in [-0.1, -0.05) is 59.9 Å². The minimum Gasteiger partial charge on any atom is -0.492 e. The zero-order valence-electron chi connectivity index (χ0n) is 12.9. The van der Waals surface area contributed by atoms with Crippen molar-refractivity contribution >= 4 is 21.4 Å². The molecule has 0 aliphatic heterocycles. The van der Waals surface area contributed by atoms with Crippen molar-refractivity contribution in [1.29, 1.82) is 0 Å². The van der Waals surface area contributed by atoms with Crippen molar-refractivity contribution in [1.82, 2.24) is 14.6 Å². The second-order valence-electron chi connectivity index (χ2n) is 5.20. The van der Waals surface area contributed by atoms with Crippen LogP contribution in [0.25, 0.3) is 16.2 Å². The van der Waals surface area contributed by atoms with Gasteiger partial charge in [-0.15, -0.1) is 5.10 Å². The first-order chi connectivity index (χ1) is 11.9. The second kappa shape index (κ2) is 6.72. The summed E-state index contributed by atoms with van der Waals surface area (Å²) in [5, 5.41) is 8.73. The van der Waals surface area contributed by atoms with Crippen LogP contribution in [0, 0.1) is 0 Å². The van der Waals surface area contributed by atoms with Crippen molar-refractivity contribution in [2.75, 3.05) is 18.5 Å². The molecule has 0 saturated heterocycles. The van der Waals surface area contributed by atoms with Crippen LogP contribution in [0.3, 0.4) is 0 Å². The van der Waals surface area contributed by atoms with E-state index >= 15 is 0 Å². The highest BCUT2D eigenvalue weighted by molar-refractivity contribution is 7.20. The lowest BCUT2D eigenvalue weighted by atomic mass is 10.2. The quantitative estimate of drug-likeness (QED) is 0.542. The summed E-state index contributed by atoms with van der Waals surface area (Å²) in [7, 11) is 0. The van der Waals surface area contributed by atoms with Gasteiger partial charge in [-0.25, -0.2) is 9.50 Å². The van der Waals surface area contributed by atoms with Gasteiger partial charge in [-0.2, -0.15) is 0 Å². The number of aromatic nitrogens is 3. The van der Waals surface area contributed by atoms with Gasteiger partial charge in [0, 0.05) is 5.56 Å². The Bertz CT molecular complexity index is 918. The number of hydrogen-bond donors (Lipinski definition) is 1. The van der Waals surface area contributed by atoms with E-state index in [1.54, 1.807) is 0 Å². The molecule has 2 aromatic heterocycles. The number of anilines is 1. The minimum atomic E-state index is 0.581. The SMILES string of the molecule is c1ccc(OCCNc2nn3c(-c4ccccc4)cnc3s2)cc1. The fraction of sp³-hybridized carbons (Fsp3) is 0.111. The smallest absolute Gasteiger partial charge is 0.214 e. The molecule has 0 unspecified atom stereocenters. The third-order valence-corrected chi connectivity index (χ3v) is 4.43. The fourth-order valence-electron chi connectivity index (χ4n) is 2.41. The number of imidazole rings is 1. The normalized spacial score (nSPS) is 10.8. The van der Waals surface area contributed by atoms with Crippen molar-refractivity contribution in [3.05, 3.63) is 66.9 Å². The molecule has 0 aliphatic rings. The summed E-state index contributed by atoms with van der Waals surface area (Å²) >= 11 is 1.53. The van der Waals surface area contributed by atoms with Gasteiger partial charge >= 0.3 is 0 Å². The van der Waals surface area contributed by atoms with Gasteiger partial charge in [0.15, 0.2) is 0 Å². The first kappa shape index (κ1) is 14.7. The van der Waals surface area contributed by atoms with Crippen LogP contribution >= 0.6 is 11.3 Å². The van der Waals surface area contributed by atoms with Gasteiger partial charge in [-0.05, 0) is 12.1 Å². The van der Waals surface area contributed by atoms with Gasteiger partial charge in [0.05, 0.1) is 18.4 Å². The number of benzene rings is 2. The van der Waals surface area contributed by atoms with E-state index in [4.69, 9.17) is 4.74 Å². The largest absolute Gasteiger partial charge is 0.492 e. The van der Waals surface area contributed by atoms with Crippen molar-refractivity contribution in [3.8, 4) is 17.0 Å². The Balaban J connectivity index is 1.41. The van der Waals surface area contributed by atoms with Gasteiger partial charge in [0.25, 0.3) is 0 Å². The maximum absolute atomic E-state index is 5.67. The van der Waals surface area contributed by atoms with Crippen LogP contribution in [0.15, 0.2) is 66.9 Å². The Morgan fingerprint density at radius 1 is 1.00 bits per heavy atom. The zero-order chi connectivity index (χ0) is 16.2. The lowest BCUT2D eigenvalue weighted by Gasteiger charge is -2.05. The predicted octanol–water partition coefficient (Wildman–Crippen LogP) is 3.95. The molecule has 2 heterocycles. The molecule has 5 nitrogen and oxygen atoms in total. The van der Waals surface area contributed by atoms with E-state index in [2.05, 4.69) is 27.5 Å². The van der Waals surface area contributed by atoms with E-state index < -0.39 is 0 Å². The number of ether oxygens (including phenoxy) is 1. The topological polar surface area (TPSA) is 51.5 Å². The molecule has 2 aromatic carbocycles. The van der Waals surface area contributed by atoms with Crippen molar-refractivity contribution < 1.29 is 4.74 Å². The zero-order valence-corrected chi connectivity index (χ0v) is 13.7. The molecule has 0 spiro atoms. The molecule has 4 aromatic rings. The molecule has 0 radical (unpaired) electrons. The van der Waals surface area contributed by atoms with E-state index in [-0.39, 0.29) is 0 Å². The van der Waals surface area contributed by atoms with Crippen molar-refractivity contribution in [3.63, 3.8) is 0 Å². The molecule has 4 rings (SSSR count). The van der Waals surface area contributed by atoms with Gasteiger partial charge in [0.2, 0.25) is 10.1 Å². The molecule has 0 amide bonds. The molecule has 0 saturated carbocycles.